The van der Waals surface area contributed by atoms with E-state index in [1.54, 1.807) is 0 Å². The van der Waals surface area contributed by atoms with Gasteiger partial charge in [0.05, 0.1) is 6.07 Å². The van der Waals surface area contributed by atoms with Crippen LogP contribution in [0.1, 0.15) is 52.4 Å². The van der Waals surface area contributed by atoms with Crippen LogP contribution in [0.15, 0.2) is 0 Å². The lowest BCUT2D eigenvalue weighted by Crippen LogP contribution is -2.40. The van der Waals surface area contributed by atoms with Crippen LogP contribution < -0.4 is 5.32 Å². The first-order valence-electron chi connectivity index (χ1n) is 6.95. The molecule has 0 aliphatic carbocycles. The molecule has 0 spiro atoms. The van der Waals surface area contributed by atoms with Crippen molar-refractivity contribution in [2.75, 3.05) is 20.1 Å². The Morgan fingerprint density at radius 1 is 1.41 bits per heavy atom. The van der Waals surface area contributed by atoms with Crippen LogP contribution in [-0.2, 0) is 0 Å². The zero-order chi connectivity index (χ0) is 12.7. The normalized spacial score (nSPS) is 25.9. The van der Waals surface area contributed by atoms with Gasteiger partial charge in [0.1, 0.15) is 5.54 Å². The topological polar surface area (TPSA) is 39.1 Å². The fourth-order valence-corrected chi connectivity index (χ4v) is 2.54. The highest BCUT2D eigenvalue weighted by atomic mass is 15.1. The van der Waals surface area contributed by atoms with Gasteiger partial charge in [-0.15, -0.1) is 0 Å². The second-order valence-corrected chi connectivity index (χ2v) is 5.53. The summed E-state index contributed by atoms with van der Waals surface area (Å²) in [6.07, 6.45) is 7.48. The van der Waals surface area contributed by atoms with Crippen molar-refractivity contribution >= 4 is 0 Å². The first-order valence-corrected chi connectivity index (χ1v) is 6.95. The summed E-state index contributed by atoms with van der Waals surface area (Å²) in [6.45, 7) is 6.70. The number of nitrogens with one attached hydrogen (secondary N) is 1. The summed E-state index contributed by atoms with van der Waals surface area (Å²) in [5.41, 5.74) is -0.352. The third-order valence-corrected chi connectivity index (χ3v) is 4.11. The maximum Gasteiger partial charge on any atom is 0.103 e. The lowest BCUT2D eigenvalue weighted by molar-refractivity contribution is 0.204. The van der Waals surface area contributed by atoms with Gasteiger partial charge in [0.25, 0.3) is 0 Å². The van der Waals surface area contributed by atoms with Crippen molar-refractivity contribution < 1.29 is 0 Å². The molecule has 0 aromatic rings. The van der Waals surface area contributed by atoms with E-state index in [0.29, 0.717) is 0 Å². The molecule has 17 heavy (non-hydrogen) atoms. The van der Waals surface area contributed by atoms with E-state index in [1.807, 2.05) is 14.0 Å². The van der Waals surface area contributed by atoms with E-state index in [9.17, 15) is 0 Å². The zero-order valence-corrected chi connectivity index (χ0v) is 11.6. The van der Waals surface area contributed by atoms with E-state index < -0.39 is 0 Å². The number of nitrogens with zero attached hydrogens (tertiary/aromatic N) is 2. The minimum absolute atomic E-state index is 0.352. The second kappa shape index (κ2) is 6.98. The van der Waals surface area contributed by atoms with Crippen LogP contribution >= 0.6 is 0 Å². The van der Waals surface area contributed by atoms with Gasteiger partial charge < -0.3 is 10.2 Å². The van der Waals surface area contributed by atoms with Gasteiger partial charge in [0.2, 0.25) is 0 Å². The highest BCUT2D eigenvalue weighted by Crippen LogP contribution is 2.18. The Hall–Kier alpha value is -0.590. The van der Waals surface area contributed by atoms with Gasteiger partial charge in [-0.3, -0.25) is 0 Å². The molecule has 3 heteroatoms. The Labute approximate surface area is 106 Å². The smallest absolute Gasteiger partial charge is 0.103 e. The quantitative estimate of drug-likeness (QED) is 0.798. The van der Waals surface area contributed by atoms with Crippen molar-refractivity contribution in [2.24, 2.45) is 0 Å². The lowest BCUT2D eigenvalue weighted by Gasteiger charge is -2.28. The van der Waals surface area contributed by atoms with Gasteiger partial charge in [0.15, 0.2) is 0 Å². The van der Waals surface area contributed by atoms with Crippen molar-refractivity contribution in [1.82, 2.24) is 10.2 Å². The van der Waals surface area contributed by atoms with Gasteiger partial charge in [-0.2, -0.15) is 5.26 Å². The largest absolute Gasteiger partial charge is 0.303 e. The average molecular weight is 237 g/mol. The monoisotopic (exact) mass is 237 g/mol. The second-order valence-electron chi connectivity index (χ2n) is 5.53. The molecule has 3 nitrogen and oxygen atoms in total. The first-order chi connectivity index (χ1) is 8.11. The predicted molar refractivity (Wildman–Crippen MR) is 71.8 cm³/mol. The summed E-state index contributed by atoms with van der Waals surface area (Å²) in [6, 6.07) is 3.08. The number of rotatable bonds is 5. The number of hydrogen-bond donors (Lipinski definition) is 1. The van der Waals surface area contributed by atoms with Gasteiger partial charge in [-0.05, 0) is 59.7 Å². The fraction of sp³-hybridized carbons (Fsp3) is 0.929. The van der Waals surface area contributed by atoms with Gasteiger partial charge in [-0.25, -0.2) is 0 Å². The molecule has 0 radical (unpaired) electrons. The van der Waals surface area contributed by atoms with E-state index in [-0.39, 0.29) is 5.54 Å². The minimum Gasteiger partial charge on any atom is -0.303 e. The fourth-order valence-electron chi connectivity index (χ4n) is 2.54. The SMILES string of the molecule is CNC(C)(C#N)CCCN1CCCCCC1C. The Kier molecular flexibility index (Phi) is 5.94. The maximum atomic E-state index is 9.09. The van der Waals surface area contributed by atoms with Crippen LogP contribution in [0.25, 0.3) is 0 Å². The maximum absolute atomic E-state index is 9.09. The van der Waals surface area contributed by atoms with Gasteiger partial charge in [-0.1, -0.05) is 12.8 Å². The molecule has 0 aromatic heterocycles. The molecule has 2 atom stereocenters. The van der Waals surface area contributed by atoms with Crippen LogP contribution in [0.5, 0.6) is 0 Å². The van der Waals surface area contributed by atoms with Crippen LogP contribution in [0.3, 0.4) is 0 Å². The molecule has 1 rings (SSSR count). The average Bonchev–Trinajstić information content (AvgIpc) is 2.54. The number of hydrogen-bond acceptors (Lipinski definition) is 3. The standard InChI is InChI=1S/C14H27N3/c1-13-8-5-4-6-10-17(13)11-7-9-14(2,12-15)16-3/h13,16H,4-11H2,1-3H3. The van der Waals surface area contributed by atoms with Crippen molar-refractivity contribution in [3.63, 3.8) is 0 Å². The Morgan fingerprint density at radius 2 is 2.18 bits per heavy atom. The third-order valence-electron chi connectivity index (χ3n) is 4.11. The van der Waals surface area contributed by atoms with E-state index in [2.05, 4.69) is 23.2 Å². The third kappa shape index (κ3) is 4.65. The van der Waals surface area contributed by atoms with Gasteiger partial charge >= 0.3 is 0 Å². The Bertz CT molecular complexity index is 259. The Morgan fingerprint density at radius 3 is 2.82 bits per heavy atom. The molecule has 1 fully saturated rings. The van der Waals surface area contributed by atoms with Crippen LogP contribution in [-0.4, -0.2) is 36.6 Å². The zero-order valence-electron chi connectivity index (χ0n) is 11.6. The first kappa shape index (κ1) is 14.5. The molecular formula is C14H27N3. The number of likely N-dealkylation sites (tertiary alicyclic amines) is 1. The van der Waals surface area contributed by atoms with Crippen molar-refractivity contribution in [2.45, 2.75) is 64.0 Å². The summed E-state index contributed by atoms with van der Waals surface area (Å²) in [5, 5.41) is 12.2. The van der Waals surface area contributed by atoms with E-state index >= 15 is 0 Å². The van der Waals surface area contributed by atoms with Gasteiger partial charge in [0, 0.05) is 6.04 Å². The molecule has 1 heterocycles. The lowest BCUT2D eigenvalue weighted by atomic mass is 9.97. The molecule has 0 aromatic carbocycles. The van der Waals surface area contributed by atoms with Crippen molar-refractivity contribution in [1.29, 1.82) is 5.26 Å². The van der Waals surface area contributed by atoms with Crippen LogP contribution in [0.4, 0.5) is 0 Å². The summed E-state index contributed by atoms with van der Waals surface area (Å²) in [4.78, 5) is 2.60. The molecule has 1 N–H and O–H groups in total. The summed E-state index contributed by atoms with van der Waals surface area (Å²) in [7, 11) is 1.87. The van der Waals surface area contributed by atoms with E-state index in [1.165, 1.54) is 32.2 Å². The predicted octanol–water partition coefficient (Wildman–Crippen LogP) is 2.53. The molecule has 98 valence electrons. The molecule has 1 aliphatic heterocycles. The molecule has 2 unspecified atom stereocenters. The number of nitriles is 1. The van der Waals surface area contributed by atoms with Crippen molar-refractivity contribution in [3.8, 4) is 6.07 Å². The van der Waals surface area contributed by atoms with Crippen molar-refractivity contribution in [3.05, 3.63) is 0 Å². The summed E-state index contributed by atoms with van der Waals surface area (Å²) in [5.74, 6) is 0. The molecule has 0 bridgehead atoms. The van der Waals surface area contributed by atoms with Crippen LogP contribution in [0.2, 0.25) is 0 Å². The minimum atomic E-state index is -0.352. The van der Waals surface area contributed by atoms with E-state index in [4.69, 9.17) is 5.26 Å². The molecular weight excluding hydrogens is 210 g/mol. The molecule has 1 aliphatic rings. The van der Waals surface area contributed by atoms with E-state index in [0.717, 1.165) is 25.4 Å². The summed E-state index contributed by atoms with van der Waals surface area (Å²) >= 11 is 0. The summed E-state index contributed by atoms with van der Waals surface area (Å²) < 4.78 is 0. The highest BCUT2D eigenvalue weighted by molar-refractivity contribution is 5.02. The Balaban J connectivity index is 2.32. The van der Waals surface area contributed by atoms with Crippen LogP contribution in [0, 0.1) is 11.3 Å². The molecule has 0 amide bonds. The highest BCUT2D eigenvalue weighted by Gasteiger charge is 2.22. The molecule has 1 saturated heterocycles. The molecule has 0 saturated carbocycles.